The highest BCUT2D eigenvalue weighted by Crippen LogP contribution is 2.61. The second kappa shape index (κ2) is 8.80. The highest BCUT2D eigenvalue weighted by atomic mass is 32.4. The summed E-state index contributed by atoms with van der Waals surface area (Å²) in [6, 6.07) is 47.0. The number of hydrogen-bond acceptors (Lipinski definition) is 3. The van der Waals surface area contributed by atoms with Crippen molar-refractivity contribution in [1.82, 2.24) is 0 Å². The van der Waals surface area contributed by atoms with Crippen molar-refractivity contribution < 1.29 is 9.47 Å². The van der Waals surface area contributed by atoms with Crippen LogP contribution in [0.4, 0.5) is 0 Å². The molecule has 0 saturated carbocycles. The molecule has 0 aromatic heterocycles. The van der Waals surface area contributed by atoms with Gasteiger partial charge in [-0.1, -0.05) is 115 Å². The van der Waals surface area contributed by atoms with Gasteiger partial charge in [-0.05, 0) is 79.7 Å². The molecule has 4 heteroatoms. The second-order valence-electron chi connectivity index (χ2n) is 11.6. The van der Waals surface area contributed by atoms with Gasteiger partial charge in [0, 0.05) is 21.6 Å². The Hall–Kier alpha value is -4.95. The van der Waals surface area contributed by atoms with Crippen LogP contribution in [0.2, 0.25) is 0 Å². The maximum absolute atomic E-state index is 7.05. The largest absolute Gasteiger partial charge is 0.456 e. The van der Waals surface area contributed by atoms with Crippen molar-refractivity contribution in [2.75, 3.05) is 0 Å². The number of benzene rings is 8. The quantitative estimate of drug-likeness (QED) is 0.138. The first-order valence-corrected chi connectivity index (χ1v) is 17.6. The van der Waals surface area contributed by atoms with Crippen molar-refractivity contribution in [3.8, 4) is 34.1 Å². The van der Waals surface area contributed by atoms with Gasteiger partial charge in [0.25, 0.3) is 0 Å². The van der Waals surface area contributed by atoms with E-state index in [0.29, 0.717) is 0 Å². The van der Waals surface area contributed by atoms with Crippen LogP contribution in [0.25, 0.3) is 54.2 Å². The summed E-state index contributed by atoms with van der Waals surface area (Å²) >= 11 is 6.87. The molecule has 0 bridgehead atoms. The summed E-state index contributed by atoms with van der Waals surface area (Å²) in [5.41, 5.74) is 2.12. The van der Waals surface area contributed by atoms with Gasteiger partial charge in [-0.15, -0.1) is 0 Å². The topological polar surface area (TPSA) is 18.5 Å². The van der Waals surface area contributed by atoms with E-state index in [1.54, 1.807) is 0 Å². The van der Waals surface area contributed by atoms with E-state index in [1.165, 1.54) is 32.3 Å². The van der Waals surface area contributed by atoms with Crippen LogP contribution in [0.5, 0.6) is 23.0 Å². The van der Waals surface area contributed by atoms with Crippen molar-refractivity contribution in [3.63, 3.8) is 0 Å². The second-order valence-corrected chi connectivity index (χ2v) is 15.8. The Kier molecular flexibility index (Phi) is 4.90. The van der Waals surface area contributed by atoms with Gasteiger partial charge in [0.15, 0.2) is 0 Å². The fraction of sp³-hybridized carbons (Fsp3) is 0. The third-order valence-electron chi connectivity index (χ3n) is 9.29. The Bertz CT molecular complexity index is 2570. The molecule has 0 saturated heterocycles. The Labute approximate surface area is 259 Å². The summed E-state index contributed by atoms with van der Waals surface area (Å²) < 4.78 is 13.6. The SMILES string of the molecule is S=P12c3ccccc3Oc3ccc(-c4ccc5c6ccccc6c6ccccc6c5c4)c(c31)Oc1c2ccc2ccccc12. The third kappa shape index (κ3) is 3.13. The van der Waals surface area contributed by atoms with Crippen LogP contribution < -0.4 is 25.4 Å². The molecule has 10 rings (SSSR count). The van der Waals surface area contributed by atoms with Crippen molar-refractivity contribution in [1.29, 1.82) is 0 Å². The van der Waals surface area contributed by atoms with Crippen LogP contribution in [0.15, 0.2) is 140 Å². The van der Waals surface area contributed by atoms with E-state index in [2.05, 4.69) is 127 Å². The lowest BCUT2D eigenvalue weighted by Crippen LogP contribution is -2.35. The number of para-hydroxylation sites is 1. The zero-order chi connectivity index (χ0) is 29.0. The lowest BCUT2D eigenvalue weighted by atomic mass is 9.92. The molecule has 0 aliphatic carbocycles. The fourth-order valence-electron chi connectivity index (χ4n) is 7.32. The molecule has 1 unspecified atom stereocenters. The molecule has 8 aromatic carbocycles. The van der Waals surface area contributed by atoms with Gasteiger partial charge in [-0.2, -0.15) is 0 Å². The fourth-order valence-corrected chi connectivity index (χ4v) is 11.8. The average Bonchev–Trinajstić information content (AvgIpc) is 3.08. The standard InChI is InChI=1S/C40H23O2PS/c44-43-36-16-8-7-15-34(36)41-35-21-20-27(39(40(35)43)42-38-26-10-2-1-9-24(26)18-22-37(38)43)25-17-19-32-30-13-4-3-11-28(30)29-12-5-6-14-31(29)33(32)23-25/h1-23H. The lowest BCUT2D eigenvalue weighted by Gasteiger charge is -2.38. The predicted octanol–water partition coefficient (Wildman–Crippen LogP) is 9.93. The van der Waals surface area contributed by atoms with E-state index in [1.807, 2.05) is 12.1 Å². The van der Waals surface area contributed by atoms with Crippen molar-refractivity contribution in [3.05, 3.63) is 140 Å². The van der Waals surface area contributed by atoms with E-state index in [9.17, 15) is 0 Å². The van der Waals surface area contributed by atoms with E-state index in [-0.39, 0.29) is 0 Å². The molecule has 0 N–H and O–H groups in total. The molecule has 206 valence electrons. The summed E-state index contributed by atoms with van der Waals surface area (Å²) in [7, 11) is 0. The van der Waals surface area contributed by atoms with Crippen LogP contribution in [0, 0.1) is 0 Å². The summed E-state index contributed by atoms with van der Waals surface area (Å²) in [6.07, 6.45) is 0. The van der Waals surface area contributed by atoms with Gasteiger partial charge in [0.1, 0.15) is 23.0 Å². The zero-order valence-electron chi connectivity index (χ0n) is 23.5. The number of ether oxygens (including phenoxy) is 2. The Morgan fingerprint density at radius 2 is 1.07 bits per heavy atom. The Morgan fingerprint density at radius 3 is 1.84 bits per heavy atom. The minimum Gasteiger partial charge on any atom is -0.456 e. The van der Waals surface area contributed by atoms with Crippen LogP contribution in [-0.4, -0.2) is 0 Å². The van der Waals surface area contributed by atoms with E-state index < -0.39 is 6.04 Å². The zero-order valence-corrected chi connectivity index (χ0v) is 25.2. The summed E-state index contributed by atoms with van der Waals surface area (Å²) in [5, 5.41) is 12.9. The molecule has 2 nitrogen and oxygen atoms in total. The molecule has 1 atom stereocenters. The molecule has 2 aliphatic heterocycles. The van der Waals surface area contributed by atoms with E-state index in [0.717, 1.165) is 60.8 Å². The molecule has 0 spiro atoms. The molecule has 2 heterocycles. The average molecular weight is 599 g/mol. The summed E-state index contributed by atoms with van der Waals surface area (Å²) in [5.74, 6) is 3.31. The van der Waals surface area contributed by atoms with Crippen molar-refractivity contribution >= 4 is 76.8 Å². The van der Waals surface area contributed by atoms with Gasteiger partial charge >= 0.3 is 0 Å². The van der Waals surface area contributed by atoms with Crippen molar-refractivity contribution in [2.45, 2.75) is 0 Å². The number of fused-ring (bicyclic) bond motifs is 12. The molecule has 44 heavy (non-hydrogen) atoms. The molecular weight excluding hydrogens is 575 g/mol. The molecule has 0 radical (unpaired) electrons. The van der Waals surface area contributed by atoms with Crippen LogP contribution in [-0.2, 0) is 11.8 Å². The maximum atomic E-state index is 7.05. The van der Waals surface area contributed by atoms with Gasteiger partial charge in [-0.3, -0.25) is 0 Å². The highest BCUT2D eigenvalue weighted by Gasteiger charge is 2.44. The Morgan fingerprint density at radius 1 is 0.432 bits per heavy atom. The summed E-state index contributed by atoms with van der Waals surface area (Å²) in [4.78, 5) is 0. The predicted molar refractivity (Wildman–Crippen MR) is 188 cm³/mol. The molecule has 0 amide bonds. The monoisotopic (exact) mass is 598 g/mol. The first-order chi connectivity index (χ1) is 21.7. The maximum Gasteiger partial charge on any atom is 0.148 e. The molecule has 8 aromatic rings. The van der Waals surface area contributed by atoms with Crippen molar-refractivity contribution in [2.24, 2.45) is 0 Å². The third-order valence-corrected chi connectivity index (χ3v) is 14.2. The lowest BCUT2D eigenvalue weighted by molar-refractivity contribution is 0.470. The highest BCUT2D eigenvalue weighted by molar-refractivity contribution is 8.26. The Balaban J connectivity index is 1.30. The van der Waals surface area contributed by atoms with Gasteiger partial charge in [0.05, 0.1) is 11.3 Å². The van der Waals surface area contributed by atoms with Crippen LogP contribution in [0.1, 0.15) is 0 Å². The molecule has 0 fully saturated rings. The van der Waals surface area contributed by atoms with E-state index >= 15 is 0 Å². The number of hydrogen-bond donors (Lipinski definition) is 0. The minimum absolute atomic E-state index is 0.793. The van der Waals surface area contributed by atoms with Gasteiger partial charge < -0.3 is 9.47 Å². The van der Waals surface area contributed by atoms with Gasteiger partial charge in [-0.25, -0.2) is 0 Å². The van der Waals surface area contributed by atoms with Crippen LogP contribution in [0.3, 0.4) is 0 Å². The first kappa shape index (κ1) is 24.5. The van der Waals surface area contributed by atoms with Crippen LogP contribution >= 0.6 is 6.04 Å². The molecular formula is C40H23O2PS. The normalized spacial score (nSPS) is 16.3. The minimum atomic E-state index is -2.50. The van der Waals surface area contributed by atoms with Gasteiger partial charge in [0.2, 0.25) is 0 Å². The first-order valence-electron chi connectivity index (χ1n) is 14.8. The number of rotatable bonds is 1. The molecule has 2 aliphatic rings. The van der Waals surface area contributed by atoms with E-state index in [4.69, 9.17) is 21.3 Å². The summed E-state index contributed by atoms with van der Waals surface area (Å²) in [6.45, 7) is 0. The smallest absolute Gasteiger partial charge is 0.148 e.